The number of nitrogens with zero attached hydrogens (tertiary/aromatic N) is 1. The zero-order valence-electron chi connectivity index (χ0n) is 17.2. The van der Waals surface area contributed by atoms with Gasteiger partial charge >= 0.3 is 5.97 Å². The van der Waals surface area contributed by atoms with Gasteiger partial charge in [0.15, 0.2) is 11.5 Å². The number of hydrogen-bond acceptors (Lipinski definition) is 8. The van der Waals surface area contributed by atoms with E-state index >= 15 is 0 Å². The molecule has 0 bridgehead atoms. The van der Waals surface area contributed by atoms with Crippen molar-refractivity contribution < 1.29 is 33.8 Å². The summed E-state index contributed by atoms with van der Waals surface area (Å²) >= 11 is 8.57. The lowest BCUT2D eigenvalue weighted by Gasteiger charge is -2.13. The number of imide groups is 1. The number of benzene rings is 2. The van der Waals surface area contributed by atoms with Crippen LogP contribution < -0.4 is 10.1 Å². The van der Waals surface area contributed by atoms with E-state index in [0.29, 0.717) is 20.9 Å². The number of carbonyl (C=O) groups excluding carboxylic acids is 4. The van der Waals surface area contributed by atoms with Gasteiger partial charge in [0.1, 0.15) is 6.54 Å². The van der Waals surface area contributed by atoms with Crippen LogP contribution in [-0.2, 0) is 14.3 Å². The third-order valence-electron chi connectivity index (χ3n) is 4.40. The standard InChI is InChI=1S/C21H16ClIN2O7S/c1-31-15-6-10(5-14(23)18(15)27)7-16-19(28)25(21(30)33-16)9-17(26)24-11-3-4-13(22)12(8-11)20(29)32-2/h3-8,27H,9H2,1-2H3,(H,24,26)/b16-7+. The van der Waals surface area contributed by atoms with E-state index in [-0.39, 0.29) is 32.7 Å². The van der Waals surface area contributed by atoms with E-state index in [0.717, 1.165) is 4.90 Å². The highest BCUT2D eigenvalue weighted by Crippen LogP contribution is 2.36. The molecule has 0 unspecified atom stereocenters. The molecule has 0 aliphatic carbocycles. The average Bonchev–Trinajstić information content (AvgIpc) is 3.04. The summed E-state index contributed by atoms with van der Waals surface area (Å²) in [5.74, 6) is -1.75. The fourth-order valence-electron chi connectivity index (χ4n) is 2.83. The van der Waals surface area contributed by atoms with Crippen molar-refractivity contribution in [3.63, 3.8) is 0 Å². The van der Waals surface area contributed by atoms with E-state index in [2.05, 4.69) is 10.1 Å². The molecule has 0 aromatic heterocycles. The molecule has 1 heterocycles. The Balaban J connectivity index is 1.74. The van der Waals surface area contributed by atoms with Crippen LogP contribution in [0, 0.1) is 3.57 Å². The second-order valence-electron chi connectivity index (χ2n) is 6.56. The predicted octanol–water partition coefficient (Wildman–Crippen LogP) is 4.12. The quantitative estimate of drug-likeness (QED) is 0.288. The summed E-state index contributed by atoms with van der Waals surface area (Å²) in [4.78, 5) is 50.2. The predicted molar refractivity (Wildman–Crippen MR) is 131 cm³/mol. The SMILES string of the molecule is COC(=O)c1cc(NC(=O)CN2C(=O)S/C(=C/c3cc(I)c(O)c(OC)c3)C2=O)ccc1Cl. The lowest BCUT2D eigenvalue weighted by molar-refractivity contribution is -0.127. The zero-order chi connectivity index (χ0) is 24.3. The van der Waals surface area contributed by atoms with Crippen molar-refractivity contribution in [3.05, 3.63) is 55.0 Å². The summed E-state index contributed by atoms with van der Waals surface area (Å²) < 4.78 is 10.2. The number of thioether (sulfide) groups is 1. The largest absolute Gasteiger partial charge is 0.504 e. The summed E-state index contributed by atoms with van der Waals surface area (Å²) in [7, 11) is 2.60. The molecule has 1 aliphatic heterocycles. The van der Waals surface area contributed by atoms with E-state index in [1.165, 1.54) is 44.6 Å². The van der Waals surface area contributed by atoms with Crippen molar-refractivity contribution in [1.82, 2.24) is 4.90 Å². The Labute approximate surface area is 211 Å². The van der Waals surface area contributed by atoms with Gasteiger partial charge in [0.05, 0.1) is 33.3 Å². The topological polar surface area (TPSA) is 122 Å². The van der Waals surface area contributed by atoms with Crippen LogP contribution in [0.3, 0.4) is 0 Å². The lowest BCUT2D eigenvalue weighted by atomic mass is 10.2. The summed E-state index contributed by atoms with van der Waals surface area (Å²) in [6.45, 7) is -0.519. The van der Waals surface area contributed by atoms with Crippen LogP contribution >= 0.6 is 46.0 Å². The van der Waals surface area contributed by atoms with Gasteiger partial charge in [0.2, 0.25) is 5.91 Å². The van der Waals surface area contributed by atoms with Crippen LogP contribution in [0.15, 0.2) is 35.2 Å². The molecule has 172 valence electrons. The maximum absolute atomic E-state index is 12.7. The molecule has 3 amide bonds. The van der Waals surface area contributed by atoms with Crippen LogP contribution in [0.1, 0.15) is 15.9 Å². The molecule has 3 rings (SSSR count). The van der Waals surface area contributed by atoms with Gasteiger partial charge in [-0.2, -0.15) is 0 Å². The van der Waals surface area contributed by atoms with Crippen molar-refractivity contribution >= 4 is 80.7 Å². The Morgan fingerprint density at radius 1 is 1.24 bits per heavy atom. The number of carbonyl (C=O) groups is 4. The van der Waals surface area contributed by atoms with Gasteiger partial charge in [-0.25, -0.2) is 4.79 Å². The minimum Gasteiger partial charge on any atom is -0.504 e. The number of ether oxygens (including phenoxy) is 2. The summed E-state index contributed by atoms with van der Waals surface area (Å²) in [6, 6.07) is 7.37. The first-order chi connectivity index (χ1) is 15.6. The molecule has 33 heavy (non-hydrogen) atoms. The highest BCUT2D eigenvalue weighted by atomic mass is 127. The van der Waals surface area contributed by atoms with E-state index in [9.17, 15) is 24.3 Å². The molecule has 0 atom stereocenters. The van der Waals surface area contributed by atoms with E-state index in [1.807, 2.05) is 22.6 Å². The highest BCUT2D eigenvalue weighted by molar-refractivity contribution is 14.1. The number of phenols is 1. The summed E-state index contributed by atoms with van der Waals surface area (Å²) in [6.07, 6.45) is 1.48. The number of aromatic hydroxyl groups is 1. The van der Waals surface area contributed by atoms with Gasteiger partial charge in [-0.1, -0.05) is 11.6 Å². The number of rotatable bonds is 6. The molecule has 0 spiro atoms. The van der Waals surface area contributed by atoms with Crippen molar-refractivity contribution in [2.75, 3.05) is 26.1 Å². The Morgan fingerprint density at radius 2 is 1.97 bits per heavy atom. The molecule has 9 nitrogen and oxygen atoms in total. The number of hydrogen-bond donors (Lipinski definition) is 2. The van der Waals surface area contributed by atoms with Gasteiger partial charge in [0, 0.05) is 5.69 Å². The fourth-order valence-corrected chi connectivity index (χ4v) is 4.49. The van der Waals surface area contributed by atoms with Crippen LogP contribution in [0.2, 0.25) is 5.02 Å². The van der Waals surface area contributed by atoms with Gasteiger partial charge < -0.3 is 19.9 Å². The van der Waals surface area contributed by atoms with Crippen LogP contribution in [-0.4, -0.2) is 53.8 Å². The molecule has 1 aliphatic rings. The van der Waals surface area contributed by atoms with Gasteiger partial charge in [0.25, 0.3) is 11.1 Å². The number of anilines is 1. The number of methoxy groups -OCH3 is 2. The number of amides is 3. The molecule has 1 fully saturated rings. The molecule has 2 N–H and O–H groups in total. The number of esters is 1. The van der Waals surface area contributed by atoms with Crippen LogP contribution in [0.25, 0.3) is 6.08 Å². The second-order valence-corrected chi connectivity index (χ2v) is 9.12. The number of phenolic OH excluding ortho intramolecular Hbond substituents is 1. The summed E-state index contributed by atoms with van der Waals surface area (Å²) in [5, 5.41) is 12.0. The van der Waals surface area contributed by atoms with E-state index in [1.54, 1.807) is 6.07 Å². The maximum Gasteiger partial charge on any atom is 0.339 e. The van der Waals surface area contributed by atoms with Crippen molar-refractivity contribution in [1.29, 1.82) is 0 Å². The van der Waals surface area contributed by atoms with Crippen LogP contribution in [0.5, 0.6) is 11.5 Å². The molecular weight excluding hydrogens is 587 g/mol. The van der Waals surface area contributed by atoms with Crippen LogP contribution in [0.4, 0.5) is 10.5 Å². The Bertz CT molecular complexity index is 1200. The van der Waals surface area contributed by atoms with Crippen molar-refractivity contribution in [2.24, 2.45) is 0 Å². The Hall–Kier alpha value is -2.77. The minimum atomic E-state index is -0.673. The monoisotopic (exact) mass is 602 g/mol. The molecule has 1 saturated heterocycles. The Kier molecular flexibility index (Phi) is 7.87. The van der Waals surface area contributed by atoms with Crippen molar-refractivity contribution in [2.45, 2.75) is 0 Å². The van der Waals surface area contributed by atoms with Gasteiger partial charge in [-0.15, -0.1) is 0 Å². The molecule has 12 heteroatoms. The first-order valence-electron chi connectivity index (χ1n) is 9.14. The van der Waals surface area contributed by atoms with E-state index in [4.69, 9.17) is 16.3 Å². The Morgan fingerprint density at radius 3 is 2.64 bits per heavy atom. The molecule has 0 saturated carbocycles. The van der Waals surface area contributed by atoms with E-state index < -0.39 is 29.6 Å². The molecule has 2 aromatic rings. The molecular formula is C21H16ClIN2O7S. The number of nitrogens with one attached hydrogen (secondary N) is 1. The lowest BCUT2D eigenvalue weighted by Crippen LogP contribution is -2.36. The third-order valence-corrected chi connectivity index (χ3v) is 6.46. The van der Waals surface area contributed by atoms with Gasteiger partial charge in [-0.3, -0.25) is 19.3 Å². The highest BCUT2D eigenvalue weighted by Gasteiger charge is 2.36. The normalized spacial score (nSPS) is 14.5. The van der Waals surface area contributed by atoms with Gasteiger partial charge in [-0.05, 0) is 76.3 Å². The molecule has 0 radical (unpaired) electrons. The first kappa shape index (κ1) is 24.9. The molecule has 2 aromatic carbocycles. The average molecular weight is 603 g/mol. The smallest absolute Gasteiger partial charge is 0.339 e. The summed E-state index contributed by atoms with van der Waals surface area (Å²) in [5.41, 5.74) is 0.851. The first-order valence-corrected chi connectivity index (χ1v) is 11.4. The maximum atomic E-state index is 12.7. The number of halogens is 2. The third kappa shape index (κ3) is 5.60. The minimum absolute atomic E-state index is 0.0300. The van der Waals surface area contributed by atoms with Crippen molar-refractivity contribution in [3.8, 4) is 11.5 Å². The second kappa shape index (κ2) is 10.4. The zero-order valence-corrected chi connectivity index (χ0v) is 20.9. The fraction of sp³-hybridized carbons (Fsp3) is 0.143.